The van der Waals surface area contributed by atoms with Crippen molar-refractivity contribution < 1.29 is 0 Å². The smallest absolute Gasteiger partial charge is 0.206 e. The lowest BCUT2D eigenvalue weighted by Crippen LogP contribution is -2.46. The summed E-state index contributed by atoms with van der Waals surface area (Å²) in [5, 5.41) is 3.38. The fourth-order valence-electron chi connectivity index (χ4n) is 2.76. The summed E-state index contributed by atoms with van der Waals surface area (Å²) < 4.78 is 0. The first-order chi connectivity index (χ1) is 9.78. The van der Waals surface area contributed by atoms with Crippen molar-refractivity contribution in [3.05, 3.63) is 35.9 Å². The molecule has 0 spiro atoms. The summed E-state index contributed by atoms with van der Waals surface area (Å²) in [6.45, 7) is 2.15. The molecule has 1 aliphatic carbocycles. The Morgan fingerprint density at radius 2 is 1.95 bits per heavy atom. The van der Waals surface area contributed by atoms with Gasteiger partial charge >= 0.3 is 0 Å². The zero-order valence-electron chi connectivity index (χ0n) is 12.3. The van der Waals surface area contributed by atoms with E-state index >= 15 is 0 Å². The van der Waals surface area contributed by atoms with Crippen molar-refractivity contribution in [1.29, 1.82) is 0 Å². The van der Waals surface area contributed by atoms with Crippen molar-refractivity contribution in [3.8, 4) is 0 Å². The van der Waals surface area contributed by atoms with E-state index in [4.69, 9.17) is 10.8 Å². The number of nitrogens with two attached hydrogens (primary N) is 1. The van der Waals surface area contributed by atoms with Gasteiger partial charge in [0.15, 0.2) is 0 Å². The summed E-state index contributed by atoms with van der Waals surface area (Å²) in [4.78, 5) is 4.71. The standard InChI is InChI=1S/C16H26N4/c1-13(12-14-8-4-2-5-9-14)18-16(20-17)19-15-10-6-3-7-11-15/h2,4-5,8-9,13,15H,3,6-7,10-12,17H2,1H3,(H2,18,19,20). The van der Waals surface area contributed by atoms with Gasteiger partial charge in [0.1, 0.15) is 0 Å². The molecule has 1 fully saturated rings. The molecular weight excluding hydrogens is 248 g/mol. The fourth-order valence-corrected chi connectivity index (χ4v) is 2.76. The van der Waals surface area contributed by atoms with Gasteiger partial charge < -0.3 is 5.32 Å². The zero-order valence-corrected chi connectivity index (χ0v) is 12.3. The van der Waals surface area contributed by atoms with Crippen LogP contribution >= 0.6 is 0 Å². The molecule has 110 valence electrons. The number of rotatable bonds is 4. The van der Waals surface area contributed by atoms with Gasteiger partial charge in [0, 0.05) is 6.04 Å². The van der Waals surface area contributed by atoms with Crippen LogP contribution in [0.5, 0.6) is 0 Å². The Morgan fingerprint density at radius 3 is 2.60 bits per heavy atom. The van der Waals surface area contributed by atoms with Crippen molar-refractivity contribution in [1.82, 2.24) is 10.7 Å². The Kier molecular flexibility index (Phi) is 5.87. The van der Waals surface area contributed by atoms with Gasteiger partial charge in [-0.25, -0.2) is 10.8 Å². The molecule has 0 aromatic heterocycles. The number of nitrogens with zero attached hydrogens (tertiary/aromatic N) is 1. The molecule has 4 N–H and O–H groups in total. The van der Waals surface area contributed by atoms with Gasteiger partial charge in [-0.15, -0.1) is 0 Å². The Balaban J connectivity index is 1.86. The maximum atomic E-state index is 5.59. The number of hydrogen-bond acceptors (Lipinski definition) is 2. The molecule has 0 amide bonds. The monoisotopic (exact) mass is 274 g/mol. The molecule has 1 saturated carbocycles. The summed E-state index contributed by atoms with van der Waals surface area (Å²) in [5.74, 6) is 6.31. The maximum absolute atomic E-state index is 5.59. The van der Waals surface area contributed by atoms with Crippen LogP contribution in [0, 0.1) is 0 Å². The van der Waals surface area contributed by atoms with Crippen LogP contribution < -0.4 is 16.6 Å². The first kappa shape index (κ1) is 14.9. The third-order valence-corrected chi connectivity index (χ3v) is 3.79. The Morgan fingerprint density at radius 1 is 1.25 bits per heavy atom. The molecule has 0 heterocycles. The molecule has 1 atom stereocenters. The highest BCUT2D eigenvalue weighted by atomic mass is 15.3. The average molecular weight is 274 g/mol. The molecule has 2 rings (SSSR count). The van der Waals surface area contributed by atoms with Crippen LogP contribution in [0.4, 0.5) is 0 Å². The van der Waals surface area contributed by atoms with Gasteiger partial charge in [0.2, 0.25) is 5.96 Å². The zero-order chi connectivity index (χ0) is 14.2. The van der Waals surface area contributed by atoms with Crippen LogP contribution in [0.1, 0.15) is 44.6 Å². The number of benzene rings is 1. The molecule has 0 radical (unpaired) electrons. The second-order valence-corrected chi connectivity index (χ2v) is 5.65. The topological polar surface area (TPSA) is 62.4 Å². The first-order valence-electron chi connectivity index (χ1n) is 7.63. The lowest BCUT2D eigenvalue weighted by atomic mass is 9.96. The van der Waals surface area contributed by atoms with E-state index in [1.165, 1.54) is 37.7 Å². The third-order valence-electron chi connectivity index (χ3n) is 3.79. The average Bonchev–Trinajstić information content (AvgIpc) is 2.48. The summed E-state index contributed by atoms with van der Waals surface area (Å²) in [7, 11) is 0. The maximum Gasteiger partial charge on any atom is 0.206 e. The van der Waals surface area contributed by atoms with E-state index < -0.39 is 0 Å². The van der Waals surface area contributed by atoms with E-state index in [0.29, 0.717) is 12.1 Å². The minimum Gasteiger partial charge on any atom is -0.353 e. The molecule has 4 heteroatoms. The molecule has 0 bridgehead atoms. The van der Waals surface area contributed by atoms with Crippen molar-refractivity contribution in [3.63, 3.8) is 0 Å². The van der Waals surface area contributed by atoms with Gasteiger partial charge in [-0.3, -0.25) is 5.43 Å². The highest BCUT2D eigenvalue weighted by Gasteiger charge is 2.14. The van der Waals surface area contributed by atoms with Crippen molar-refractivity contribution in [2.24, 2.45) is 10.8 Å². The molecular formula is C16H26N4. The third kappa shape index (κ3) is 4.85. The largest absolute Gasteiger partial charge is 0.353 e. The van der Waals surface area contributed by atoms with Gasteiger partial charge in [-0.2, -0.15) is 0 Å². The van der Waals surface area contributed by atoms with E-state index in [1.54, 1.807) is 0 Å². The lowest BCUT2D eigenvalue weighted by molar-refractivity contribution is 0.440. The van der Waals surface area contributed by atoms with E-state index in [0.717, 1.165) is 12.4 Å². The lowest BCUT2D eigenvalue weighted by Gasteiger charge is -2.21. The number of nitrogens with one attached hydrogen (secondary N) is 2. The van der Waals surface area contributed by atoms with Crippen molar-refractivity contribution in [2.45, 2.75) is 57.5 Å². The summed E-state index contributed by atoms with van der Waals surface area (Å²) in [6, 6.07) is 11.2. The van der Waals surface area contributed by atoms with E-state index in [2.05, 4.69) is 41.9 Å². The van der Waals surface area contributed by atoms with Crippen LogP contribution in [0.3, 0.4) is 0 Å². The van der Waals surface area contributed by atoms with Crippen LogP contribution in [0.2, 0.25) is 0 Å². The van der Waals surface area contributed by atoms with Crippen molar-refractivity contribution >= 4 is 5.96 Å². The molecule has 1 unspecified atom stereocenters. The van der Waals surface area contributed by atoms with Gasteiger partial charge in [0.25, 0.3) is 0 Å². The molecule has 4 nitrogen and oxygen atoms in total. The quantitative estimate of drug-likeness (QED) is 0.342. The Bertz CT molecular complexity index is 410. The predicted molar refractivity (Wildman–Crippen MR) is 84.4 cm³/mol. The van der Waals surface area contributed by atoms with Gasteiger partial charge in [-0.1, -0.05) is 49.6 Å². The number of guanidine groups is 1. The first-order valence-corrected chi connectivity index (χ1v) is 7.63. The summed E-state index contributed by atoms with van der Waals surface area (Å²) in [6.07, 6.45) is 7.23. The second kappa shape index (κ2) is 7.90. The van der Waals surface area contributed by atoms with E-state index in [1.807, 2.05) is 6.07 Å². The minimum atomic E-state index is 0.302. The normalized spacial score (nSPS) is 18.6. The summed E-state index contributed by atoms with van der Waals surface area (Å²) >= 11 is 0. The molecule has 0 aliphatic heterocycles. The molecule has 1 aromatic rings. The highest BCUT2D eigenvalue weighted by molar-refractivity contribution is 5.79. The Labute approximate surface area is 121 Å². The number of hydrogen-bond donors (Lipinski definition) is 3. The minimum absolute atomic E-state index is 0.302. The van der Waals surface area contributed by atoms with E-state index in [-0.39, 0.29) is 0 Å². The van der Waals surface area contributed by atoms with Crippen LogP contribution in [-0.4, -0.2) is 18.0 Å². The van der Waals surface area contributed by atoms with Crippen LogP contribution in [0.15, 0.2) is 35.3 Å². The van der Waals surface area contributed by atoms with Gasteiger partial charge in [-0.05, 0) is 31.7 Å². The highest BCUT2D eigenvalue weighted by Crippen LogP contribution is 2.20. The van der Waals surface area contributed by atoms with Gasteiger partial charge in [0.05, 0.1) is 6.04 Å². The predicted octanol–water partition coefficient (Wildman–Crippen LogP) is 2.36. The second-order valence-electron chi connectivity index (χ2n) is 5.65. The number of aliphatic imine (C=N–C) groups is 1. The summed E-state index contributed by atoms with van der Waals surface area (Å²) in [5.41, 5.74) is 4.03. The molecule has 1 aromatic carbocycles. The van der Waals surface area contributed by atoms with Crippen LogP contribution in [-0.2, 0) is 6.42 Å². The Hall–Kier alpha value is -1.55. The van der Waals surface area contributed by atoms with Crippen LogP contribution in [0.25, 0.3) is 0 Å². The van der Waals surface area contributed by atoms with E-state index in [9.17, 15) is 0 Å². The molecule has 1 aliphatic rings. The molecule has 20 heavy (non-hydrogen) atoms. The SMILES string of the molecule is CC(Cc1ccccc1)NC(=NC1CCCCC1)NN. The number of hydrazine groups is 1. The molecule has 0 saturated heterocycles. The van der Waals surface area contributed by atoms with Crippen molar-refractivity contribution in [2.75, 3.05) is 0 Å². The fraction of sp³-hybridized carbons (Fsp3) is 0.562.